The Morgan fingerprint density at radius 2 is 1.89 bits per heavy atom. The summed E-state index contributed by atoms with van der Waals surface area (Å²) < 4.78 is 1.59. The molecule has 3 aromatic rings. The van der Waals surface area contributed by atoms with E-state index in [0.29, 0.717) is 21.6 Å². The lowest BCUT2D eigenvalue weighted by atomic mass is 10.2. The number of hydrogen-bond acceptors (Lipinski definition) is 6. The van der Waals surface area contributed by atoms with E-state index in [-0.39, 0.29) is 18.4 Å². The summed E-state index contributed by atoms with van der Waals surface area (Å²) >= 11 is 7.62. The molecule has 28 heavy (non-hydrogen) atoms. The lowest BCUT2D eigenvalue weighted by Crippen LogP contribution is -2.20. The molecule has 0 saturated heterocycles. The smallest absolute Gasteiger partial charge is 0.244 e. The Bertz CT molecular complexity index is 957. The van der Waals surface area contributed by atoms with Gasteiger partial charge in [0.15, 0.2) is 5.16 Å². The molecule has 1 heterocycles. The number of carbonyl (C=O) groups excluding carboxylic acids is 1. The topological polar surface area (TPSA) is 89.1 Å². The van der Waals surface area contributed by atoms with Crippen LogP contribution in [0.5, 0.6) is 0 Å². The van der Waals surface area contributed by atoms with Gasteiger partial charge in [-0.3, -0.25) is 9.36 Å². The van der Waals surface area contributed by atoms with Crippen LogP contribution in [0.3, 0.4) is 0 Å². The van der Waals surface area contributed by atoms with Crippen LogP contribution in [-0.2, 0) is 17.1 Å². The van der Waals surface area contributed by atoms with E-state index in [0.717, 1.165) is 11.3 Å². The molecule has 0 aliphatic carbocycles. The fourth-order valence-corrected chi connectivity index (χ4v) is 3.73. The molecule has 0 spiro atoms. The SMILES string of the molecule is CN(C)c1ccc(NC(=O)Cn2c(N)nnc2SCc2ccccc2Cl)cc1. The average Bonchev–Trinajstić information content (AvgIpc) is 3.01. The molecular weight excluding hydrogens is 396 g/mol. The van der Waals surface area contributed by atoms with E-state index in [9.17, 15) is 4.79 Å². The van der Waals surface area contributed by atoms with Gasteiger partial charge < -0.3 is 16.0 Å². The average molecular weight is 417 g/mol. The number of halogens is 1. The second kappa shape index (κ2) is 8.99. The first-order valence-corrected chi connectivity index (χ1v) is 9.92. The summed E-state index contributed by atoms with van der Waals surface area (Å²) in [5.41, 5.74) is 8.65. The minimum absolute atomic E-state index is 0.0269. The number of hydrogen-bond donors (Lipinski definition) is 2. The van der Waals surface area contributed by atoms with Crippen molar-refractivity contribution in [2.24, 2.45) is 0 Å². The van der Waals surface area contributed by atoms with E-state index < -0.39 is 0 Å². The summed E-state index contributed by atoms with van der Waals surface area (Å²) in [4.78, 5) is 14.4. The van der Waals surface area contributed by atoms with Gasteiger partial charge in [-0.05, 0) is 35.9 Å². The number of nitrogens with one attached hydrogen (secondary N) is 1. The lowest BCUT2D eigenvalue weighted by Gasteiger charge is -2.13. The van der Waals surface area contributed by atoms with Crippen LogP contribution in [0.2, 0.25) is 5.02 Å². The number of nitrogens with zero attached hydrogens (tertiary/aromatic N) is 4. The molecule has 3 N–H and O–H groups in total. The summed E-state index contributed by atoms with van der Waals surface area (Å²) in [6.07, 6.45) is 0. The molecule has 0 unspecified atom stereocenters. The Labute approximate surface area is 172 Å². The number of nitrogens with two attached hydrogens (primary N) is 1. The van der Waals surface area contributed by atoms with Gasteiger partial charge in [-0.25, -0.2) is 0 Å². The molecule has 0 fully saturated rings. The number of benzene rings is 2. The van der Waals surface area contributed by atoms with Crippen molar-refractivity contribution in [3.05, 3.63) is 59.1 Å². The Balaban J connectivity index is 1.64. The summed E-state index contributed by atoms with van der Waals surface area (Å²) in [6, 6.07) is 15.2. The molecule has 0 atom stereocenters. The molecule has 3 rings (SSSR count). The zero-order valence-electron chi connectivity index (χ0n) is 15.6. The Kier molecular flexibility index (Phi) is 6.43. The van der Waals surface area contributed by atoms with Crippen LogP contribution < -0.4 is 16.0 Å². The number of aromatic nitrogens is 3. The highest BCUT2D eigenvalue weighted by molar-refractivity contribution is 7.98. The first-order valence-electron chi connectivity index (χ1n) is 8.56. The summed E-state index contributed by atoms with van der Waals surface area (Å²) in [5, 5.41) is 12.1. The van der Waals surface area contributed by atoms with Crippen LogP contribution in [-0.4, -0.2) is 34.8 Å². The molecular formula is C19H21ClN6OS. The Morgan fingerprint density at radius 1 is 1.18 bits per heavy atom. The predicted octanol–water partition coefficient (Wildman–Crippen LogP) is 3.51. The van der Waals surface area contributed by atoms with Gasteiger partial charge in [0.2, 0.25) is 11.9 Å². The second-order valence-corrected chi connectivity index (χ2v) is 7.65. The van der Waals surface area contributed by atoms with Crippen LogP contribution in [0, 0.1) is 0 Å². The van der Waals surface area contributed by atoms with Crippen molar-refractivity contribution < 1.29 is 4.79 Å². The van der Waals surface area contributed by atoms with Gasteiger partial charge in [0.05, 0.1) is 0 Å². The maximum absolute atomic E-state index is 12.4. The number of anilines is 3. The third-order valence-corrected chi connectivity index (χ3v) is 5.41. The highest BCUT2D eigenvalue weighted by atomic mass is 35.5. The fraction of sp³-hybridized carbons (Fsp3) is 0.211. The van der Waals surface area contributed by atoms with Gasteiger partial charge in [0.25, 0.3) is 0 Å². The van der Waals surface area contributed by atoms with Gasteiger partial charge in [-0.1, -0.05) is 41.6 Å². The number of nitrogen functional groups attached to an aromatic ring is 1. The van der Waals surface area contributed by atoms with Gasteiger partial charge in [-0.2, -0.15) is 0 Å². The predicted molar refractivity (Wildman–Crippen MR) is 115 cm³/mol. The third kappa shape index (κ3) is 4.96. The first-order chi connectivity index (χ1) is 13.4. The number of amides is 1. The molecule has 0 bridgehead atoms. The fourth-order valence-electron chi connectivity index (χ4n) is 2.50. The van der Waals surface area contributed by atoms with Crippen LogP contribution >= 0.6 is 23.4 Å². The van der Waals surface area contributed by atoms with Gasteiger partial charge in [0, 0.05) is 36.2 Å². The summed E-state index contributed by atoms with van der Waals surface area (Å²) in [7, 11) is 3.93. The Hall–Kier alpha value is -2.71. The van der Waals surface area contributed by atoms with Crippen LogP contribution in [0.4, 0.5) is 17.3 Å². The van der Waals surface area contributed by atoms with E-state index in [2.05, 4.69) is 15.5 Å². The maximum Gasteiger partial charge on any atom is 0.244 e. The normalized spacial score (nSPS) is 10.7. The van der Waals surface area contributed by atoms with Crippen LogP contribution in [0.15, 0.2) is 53.7 Å². The molecule has 0 saturated carbocycles. The van der Waals surface area contributed by atoms with Gasteiger partial charge >= 0.3 is 0 Å². The Morgan fingerprint density at radius 3 is 2.57 bits per heavy atom. The minimum Gasteiger partial charge on any atom is -0.378 e. The maximum atomic E-state index is 12.4. The molecule has 1 aromatic heterocycles. The molecule has 0 aliphatic heterocycles. The first kappa shape index (κ1) is 20.0. The second-order valence-electron chi connectivity index (χ2n) is 6.30. The molecule has 2 aromatic carbocycles. The van der Waals surface area contributed by atoms with Crippen molar-refractivity contribution >= 4 is 46.6 Å². The van der Waals surface area contributed by atoms with Crippen LogP contribution in [0.1, 0.15) is 5.56 Å². The zero-order chi connectivity index (χ0) is 20.1. The third-order valence-electron chi connectivity index (χ3n) is 4.03. The van der Waals surface area contributed by atoms with E-state index in [4.69, 9.17) is 17.3 Å². The molecule has 0 aliphatic rings. The number of thioether (sulfide) groups is 1. The highest BCUT2D eigenvalue weighted by Gasteiger charge is 2.14. The number of carbonyl (C=O) groups is 1. The largest absolute Gasteiger partial charge is 0.378 e. The van der Waals surface area contributed by atoms with Gasteiger partial charge in [0.1, 0.15) is 6.54 Å². The molecule has 1 amide bonds. The number of rotatable bonds is 7. The van der Waals surface area contributed by atoms with E-state index in [1.165, 1.54) is 11.8 Å². The minimum atomic E-state index is -0.205. The van der Waals surface area contributed by atoms with Crippen molar-refractivity contribution in [3.8, 4) is 0 Å². The highest BCUT2D eigenvalue weighted by Crippen LogP contribution is 2.26. The van der Waals surface area contributed by atoms with E-state index in [1.807, 2.05) is 67.5 Å². The van der Waals surface area contributed by atoms with Gasteiger partial charge in [-0.15, -0.1) is 10.2 Å². The molecule has 146 valence electrons. The molecule has 9 heteroatoms. The summed E-state index contributed by atoms with van der Waals surface area (Å²) in [5.74, 6) is 0.592. The summed E-state index contributed by atoms with van der Waals surface area (Å²) in [6.45, 7) is 0.0269. The van der Waals surface area contributed by atoms with Crippen molar-refractivity contribution in [3.63, 3.8) is 0 Å². The van der Waals surface area contributed by atoms with Crippen molar-refractivity contribution in [2.75, 3.05) is 30.0 Å². The molecule has 0 radical (unpaired) electrons. The van der Waals surface area contributed by atoms with E-state index >= 15 is 0 Å². The van der Waals surface area contributed by atoms with Crippen LogP contribution in [0.25, 0.3) is 0 Å². The van der Waals surface area contributed by atoms with Crippen molar-refractivity contribution in [2.45, 2.75) is 17.5 Å². The zero-order valence-corrected chi connectivity index (χ0v) is 17.2. The lowest BCUT2D eigenvalue weighted by molar-refractivity contribution is -0.116. The van der Waals surface area contributed by atoms with Crippen molar-refractivity contribution in [1.82, 2.24) is 14.8 Å². The molecule has 7 nitrogen and oxygen atoms in total. The monoisotopic (exact) mass is 416 g/mol. The quantitative estimate of drug-likeness (QED) is 0.573. The van der Waals surface area contributed by atoms with E-state index in [1.54, 1.807) is 4.57 Å². The standard InChI is InChI=1S/C19H21ClN6OS/c1-25(2)15-9-7-14(8-10-15)22-17(27)11-26-18(21)23-24-19(26)28-12-13-5-3-4-6-16(13)20/h3-10H,11-12H2,1-2H3,(H2,21,23)(H,22,27). The van der Waals surface area contributed by atoms with Crippen molar-refractivity contribution in [1.29, 1.82) is 0 Å².